The molecule has 2 N–H and O–H groups in total. The van der Waals surface area contributed by atoms with Crippen LogP contribution < -0.4 is 15.4 Å². The van der Waals surface area contributed by atoms with E-state index in [2.05, 4.69) is 39.8 Å². The second kappa shape index (κ2) is 7.59. The largest absolute Gasteiger partial charge is 0.493 e. The number of benzene rings is 1. The Morgan fingerprint density at radius 2 is 2.12 bits per heavy atom. The van der Waals surface area contributed by atoms with E-state index in [0.29, 0.717) is 5.92 Å². The Kier molecular flexibility index (Phi) is 5.26. The average Bonchev–Trinajstić information content (AvgIpc) is 2.87. The molecule has 134 valence electrons. The molecule has 2 aromatic rings. The third-order valence-corrected chi connectivity index (χ3v) is 4.91. The van der Waals surface area contributed by atoms with Crippen molar-refractivity contribution in [1.82, 2.24) is 20.4 Å². The van der Waals surface area contributed by atoms with E-state index in [9.17, 15) is 0 Å². The van der Waals surface area contributed by atoms with Crippen molar-refractivity contribution in [1.29, 1.82) is 0 Å². The molecule has 0 saturated carbocycles. The number of fused-ring (bicyclic) bond motifs is 1. The molecule has 1 unspecified atom stereocenters. The summed E-state index contributed by atoms with van der Waals surface area (Å²) in [6, 6.07) is 8.29. The van der Waals surface area contributed by atoms with Gasteiger partial charge in [-0.25, -0.2) is 0 Å². The first-order chi connectivity index (χ1) is 12.1. The maximum absolute atomic E-state index is 5.74. The predicted octanol–water partition coefficient (Wildman–Crippen LogP) is 2.27. The summed E-state index contributed by atoms with van der Waals surface area (Å²) in [6.07, 6.45) is 1.02. The summed E-state index contributed by atoms with van der Waals surface area (Å²) in [6.45, 7) is 6.45. The third kappa shape index (κ3) is 3.78. The molecule has 0 radical (unpaired) electrons. The molecule has 1 aromatic heterocycles. The normalized spacial score (nSPS) is 17.0. The summed E-state index contributed by atoms with van der Waals surface area (Å²) in [5, 5.41) is 11.3. The van der Waals surface area contributed by atoms with Crippen molar-refractivity contribution in [3.8, 4) is 5.75 Å². The van der Waals surface area contributed by atoms with E-state index in [-0.39, 0.29) is 0 Å². The maximum atomic E-state index is 5.74. The molecule has 6 nitrogen and oxygen atoms in total. The minimum absolute atomic E-state index is 0.436. The van der Waals surface area contributed by atoms with E-state index in [0.717, 1.165) is 43.5 Å². The van der Waals surface area contributed by atoms with Crippen molar-refractivity contribution in [2.24, 2.45) is 12.0 Å². The van der Waals surface area contributed by atoms with Crippen LogP contribution in [0.25, 0.3) is 0 Å². The van der Waals surface area contributed by atoms with E-state index >= 15 is 0 Å². The number of aromatic nitrogens is 2. The summed E-state index contributed by atoms with van der Waals surface area (Å²) < 4.78 is 7.66. The summed E-state index contributed by atoms with van der Waals surface area (Å²) in [7, 11) is 3.78. The van der Waals surface area contributed by atoms with Crippen molar-refractivity contribution in [2.45, 2.75) is 32.7 Å². The molecule has 1 aliphatic heterocycles. The number of nitrogens with one attached hydrogen (secondary N) is 2. The summed E-state index contributed by atoms with van der Waals surface area (Å²) in [4.78, 5) is 4.35. The average molecular weight is 341 g/mol. The van der Waals surface area contributed by atoms with Crippen molar-refractivity contribution < 1.29 is 4.74 Å². The molecule has 0 fully saturated rings. The monoisotopic (exact) mass is 341 g/mol. The highest BCUT2D eigenvalue weighted by molar-refractivity contribution is 5.79. The molecular formula is C19H27N5O. The number of aryl methyl sites for hydroxylation is 2. The number of hydrogen-bond donors (Lipinski definition) is 2. The van der Waals surface area contributed by atoms with Crippen molar-refractivity contribution in [3.05, 3.63) is 46.8 Å². The molecular weight excluding hydrogens is 314 g/mol. The van der Waals surface area contributed by atoms with Gasteiger partial charge in [-0.2, -0.15) is 5.10 Å². The minimum atomic E-state index is 0.436. The lowest BCUT2D eigenvalue weighted by Gasteiger charge is -2.26. The van der Waals surface area contributed by atoms with Gasteiger partial charge in [0, 0.05) is 44.4 Å². The van der Waals surface area contributed by atoms with Gasteiger partial charge in [-0.15, -0.1) is 0 Å². The minimum Gasteiger partial charge on any atom is -0.493 e. The standard InChI is InChI=1S/C19H27N5O/c1-13-17(14(2)24(4)23-13)12-22-19(20-3)21-11-15-9-10-25-18-8-6-5-7-16(15)18/h5-8,15H,9-12H2,1-4H3,(H2,20,21,22). The van der Waals surface area contributed by atoms with Gasteiger partial charge in [0.2, 0.25) is 0 Å². The van der Waals surface area contributed by atoms with E-state index < -0.39 is 0 Å². The van der Waals surface area contributed by atoms with Crippen molar-refractivity contribution >= 4 is 5.96 Å². The fourth-order valence-electron chi connectivity index (χ4n) is 3.31. The number of aliphatic imine (C=N–C) groups is 1. The van der Waals surface area contributed by atoms with Gasteiger partial charge in [-0.05, 0) is 31.9 Å². The fourth-order valence-corrected chi connectivity index (χ4v) is 3.31. The molecule has 0 aliphatic carbocycles. The second-order valence-electron chi connectivity index (χ2n) is 6.45. The smallest absolute Gasteiger partial charge is 0.191 e. The van der Waals surface area contributed by atoms with Gasteiger partial charge in [0.1, 0.15) is 5.75 Å². The Balaban J connectivity index is 1.59. The van der Waals surface area contributed by atoms with E-state index in [1.54, 1.807) is 7.05 Å². The van der Waals surface area contributed by atoms with Crippen molar-refractivity contribution in [3.63, 3.8) is 0 Å². The van der Waals surface area contributed by atoms with Gasteiger partial charge >= 0.3 is 0 Å². The molecule has 0 spiro atoms. The highest BCUT2D eigenvalue weighted by Crippen LogP contribution is 2.32. The molecule has 6 heteroatoms. The van der Waals surface area contributed by atoms with Gasteiger partial charge in [-0.1, -0.05) is 18.2 Å². The number of nitrogens with zero attached hydrogens (tertiary/aromatic N) is 3. The van der Waals surface area contributed by atoms with Gasteiger partial charge in [0.25, 0.3) is 0 Å². The molecule has 0 bridgehead atoms. The number of ether oxygens (including phenoxy) is 1. The summed E-state index contributed by atoms with van der Waals surface area (Å²) >= 11 is 0. The molecule has 1 atom stereocenters. The zero-order valence-corrected chi connectivity index (χ0v) is 15.5. The second-order valence-corrected chi connectivity index (χ2v) is 6.45. The van der Waals surface area contributed by atoms with Crippen LogP contribution in [0.4, 0.5) is 0 Å². The first-order valence-corrected chi connectivity index (χ1v) is 8.75. The lowest BCUT2D eigenvalue weighted by Crippen LogP contribution is -2.39. The van der Waals surface area contributed by atoms with E-state index in [1.807, 2.05) is 30.8 Å². The number of guanidine groups is 1. The molecule has 3 rings (SSSR count). The number of para-hydroxylation sites is 1. The van der Waals surface area contributed by atoms with Gasteiger partial charge in [0.05, 0.1) is 12.3 Å². The summed E-state index contributed by atoms with van der Waals surface area (Å²) in [5.41, 5.74) is 4.73. The number of rotatable bonds is 4. The van der Waals surface area contributed by atoms with Gasteiger partial charge in [-0.3, -0.25) is 9.67 Å². The highest BCUT2D eigenvalue weighted by Gasteiger charge is 2.21. The van der Waals surface area contributed by atoms with Crippen LogP contribution in [0, 0.1) is 13.8 Å². The van der Waals surface area contributed by atoms with E-state index in [4.69, 9.17) is 4.74 Å². The molecule has 2 heterocycles. The Hall–Kier alpha value is -2.50. The topological polar surface area (TPSA) is 63.5 Å². The van der Waals surface area contributed by atoms with Crippen LogP contribution in [0.1, 0.15) is 34.9 Å². The molecule has 25 heavy (non-hydrogen) atoms. The molecule has 1 aromatic carbocycles. The molecule has 1 aliphatic rings. The van der Waals surface area contributed by atoms with E-state index in [1.165, 1.54) is 16.8 Å². The first-order valence-electron chi connectivity index (χ1n) is 8.75. The third-order valence-electron chi connectivity index (χ3n) is 4.91. The molecule has 0 saturated heterocycles. The SMILES string of the molecule is CN=C(NCc1c(C)nn(C)c1C)NCC1CCOc2ccccc21. The van der Waals surface area contributed by atoms with Crippen LogP contribution in [-0.4, -0.2) is 35.9 Å². The van der Waals surface area contributed by atoms with Crippen LogP contribution in [0.15, 0.2) is 29.3 Å². The Bertz CT molecular complexity index is 765. The quantitative estimate of drug-likeness (QED) is 0.661. The fraction of sp³-hybridized carbons (Fsp3) is 0.474. The highest BCUT2D eigenvalue weighted by atomic mass is 16.5. The van der Waals surface area contributed by atoms with Gasteiger partial charge < -0.3 is 15.4 Å². The van der Waals surface area contributed by atoms with Crippen LogP contribution in [0.3, 0.4) is 0 Å². The van der Waals surface area contributed by atoms with Crippen LogP contribution in [-0.2, 0) is 13.6 Å². The lowest BCUT2D eigenvalue weighted by atomic mass is 9.93. The van der Waals surface area contributed by atoms with Crippen LogP contribution in [0.5, 0.6) is 5.75 Å². The molecule has 0 amide bonds. The van der Waals surface area contributed by atoms with Gasteiger partial charge in [0.15, 0.2) is 5.96 Å². The van der Waals surface area contributed by atoms with Crippen molar-refractivity contribution in [2.75, 3.05) is 20.2 Å². The number of hydrogen-bond acceptors (Lipinski definition) is 3. The Morgan fingerprint density at radius 1 is 1.32 bits per heavy atom. The lowest BCUT2D eigenvalue weighted by molar-refractivity contribution is 0.267. The van der Waals surface area contributed by atoms with Crippen LogP contribution in [0.2, 0.25) is 0 Å². The first kappa shape index (κ1) is 17.3. The van der Waals surface area contributed by atoms with Crippen LogP contribution >= 0.6 is 0 Å². The zero-order valence-electron chi connectivity index (χ0n) is 15.5. The summed E-state index contributed by atoms with van der Waals surface area (Å²) in [5.74, 6) is 2.25. The maximum Gasteiger partial charge on any atom is 0.191 e. The Labute approximate surface area is 149 Å². The predicted molar refractivity (Wildman–Crippen MR) is 100 cm³/mol. The zero-order chi connectivity index (χ0) is 17.8. The Morgan fingerprint density at radius 3 is 2.84 bits per heavy atom.